The van der Waals surface area contributed by atoms with Gasteiger partial charge in [-0.1, -0.05) is 0 Å². The van der Waals surface area contributed by atoms with Gasteiger partial charge >= 0.3 is 0 Å². The summed E-state index contributed by atoms with van der Waals surface area (Å²) in [5.74, 6) is 0.712. The van der Waals surface area contributed by atoms with Gasteiger partial charge in [-0.3, -0.25) is 9.78 Å². The van der Waals surface area contributed by atoms with Gasteiger partial charge in [-0.15, -0.1) is 11.3 Å². The Morgan fingerprint density at radius 1 is 1.32 bits per heavy atom. The number of fused-ring (bicyclic) bond motifs is 1. The number of hydrogen-bond acceptors (Lipinski definition) is 5. The van der Waals surface area contributed by atoms with Gasteiger partial charge in [0.2, 0.25) is 0 Å². The van der Waals surface area contributed by atoms with Crippen LogP contribution in [-0.2, 0) is 6.54 Å². The van der Waals surface area contributed by atoms with E-state index in [1.807, 2.05) is 17.5 Å². The molecule has 0 aliphatic rings. The number of hydrogen-bond donors (Lipinski definition) is 1. The molecule has 0 saturated carbocycles. The number of anilines is 1. The normalized spacial score (nSPS) is 10.8. The molecule has 3 aromatic rings. The molecule has 5 nitrogen and oxygen atoms in total. The zero-order valence-electron chi connectivity index (χ0n) is 10.3. The van der Waals surface area contributed by atoms with Gasteiger partial charge in [-0.05, 0) is 17.5 Å². The van der Waals surface area contributed by atoms with E-state index in [4.69, 9.17) is 0 Å². The average Bonchev–Trinajstić information content (AvgIpc) is 2.92. The molecular weight excluding hydrogens is 260 g/mol. The van der Waals surface area contributed by atoms with E-state index in [9.17, 15) is 4.79 Å². The summed E-state index contributed by atoms with van der Waals surface area (Å²) in [5.41, 5.74) is 0.772. The fraction of sp³-hybridized carbons (Fsp3) is 0.154. The Hall–Kier alpha value is -2.21. The Balaban J connectivity index is 1.95. The molecular formula is C13H12N4OS. The van der Waals surface area contributed by atoms with Gasteiger partial charge in [0, 0.05) is 17.9 Å². The van der Waals surface area contributed by atoms with Gasteiger partial charge in [-0.2, -0.15) is 0 Å². The van der Waals surface area contributed by atoms with Crippen LogP contribution >= 0.6 is 11.3 Å². The zero-order valence-corrected chi connectivity index (χ0v) is 11.1. The van der Waals surface area contributed by atoms with Crippen LogP contribution < -0.4 is 10.9 Å². The van der Waals surface area contributed by atoms with E-state index in [0.29, 0.717) is 12.4 Å². The molecule has 0 atom stereocenters. The summed E-state index contributed by atoms with van der Waals surface area (Å²) in [5, 5.41) is 5.59. The lowest BCUT2D eigenvalue weighted by Gasteiger charge is -2.05. The number of nitrogens with zero attached hydrogens (tertiary/aromatic N) is 3. The predicted molar refractivity (Wildman–Crippen MR) is 76.8 cm³/mol. The molecule has 0 unspecified atom stereocenters. The zero-order chi connectivity index (χ0) is 13.2. The maximum absolute atomic E-state index is 12.2. The number of aromatic nitrogens is 3. The Morgan fingerprint density at radius 2 is 2.21 bits per heavy atom. The SMILES string of the molecule is CNc1cnc(Cn2ccc3sccc3c2=O)cn1. The summed E-state index contributed by atoms with van der Waals surface area (Å²) in [7, 11) is 1.79. The topological polar surface area (TPSA) is 59.8 Å². The number of nitrogens with one attached hydrogen (secondary N) is 1. The van der Waals surface area contributed by atoms with Crippen molar-refractivity contribution in [1.29, 1.82) is 0 Å². The Morgan fingerprint density at radius 3 is 2.95 bits per heavy atom. The van der Waals surface area contributed by atoms with E-state index < -0.39 is 0 Å². The molecule has 3 aromatic heterocycles. The van der Waals surface area contributed by atoms with Gasteiger partial charge in [0.25, 0.3) is 5.56 Å². The van der Waals surface area contributed by atoms with Gasteiger partial charge in [0.15, 0.2) is 0 Å². The van der Waals surface area contributed by atoms with E-state index in [-0.39, 0.29) is 5.56 Å². The van der Waals surface area contributed by atoms with E-state index in [1.165, 1.54) is 0 Å². The fourth-order valence-corrected chi connectivity index (χ4v) is 2.64. The summed E-state index contributed by atoms with van der Waals surface area (Å²) < 4.78 is 2.66. The maximum Gasteiger partial charge on any atom is 0.259 e. The first-order valence-electron chi connectivity index (χ1n) is 5.83. The summed E-state index contributed by atoms with van der Waals surface area (Å²) in [6.07, 6.45) is 5.13. The van der Waals surface area contributed by atoms with Crippen LogP contribution in [0.5, 0.6) is 0 Å². The first kappa shape index (κ1) is 11.9. The number of thiophene rings is 1. The second-order valence-corrected chi connectivity index (χ2v) is 5.04. The standard InChI is InChI=1S/C13H12N4OS/c1-14-12-7-15-9(6-16-12)8-17-4-2-11-10(13(17)18)3-5-19-11/h2-7H,8H2,1H3,(H,14,16). The molecule has 0 radical (unpaired) electrons. The smallest absolute Gasteiger partial charge is 0.259 e. The molecule has 0 amide bonds. The number of rotatable bonds is 3. The third kappa shape index (κ3) is 2.22. The van der Waals surface area contributed by atoms with E-state index in [1.54, 1.807) is 41.5 Å². The molecule has 3 heterocycles. The van der Waals surface area contributed by atoms with Gasteiger partial charge in [0.1, 0.15) is 5.82 Å². The minimum Gasteiger partial charge on any atom is -0.372 e. The molecule has 0 saturated heterocycles. The van der Waals surface area contributed by atoms with Gasteiger partial charge < -0.3 is 9.88 Å². The largest absolute Gasteiger partial charge is 0.372 e. The van der Waals surface area contributed by atoms with Crippen LogP contribution in [0.15, 0.2) is 40.9 Å². The molecule has 19 heavy (non-hydrogen) atoms. The van der Waals surface area contributed by atoms with Crippen LogP contribution in [0.1, 0.15) is 5.69 Å². The quantitative estimate of drug-likeness (QED) is 0.791. The summed E-state index contributed by atoms with van der Waals surface area (Å²) in [6.45, 7) is 0.432. The van der Waals surface area contributed by atoms with E-state index in [2.05, 4.69) is 15.3 Å². The van der Waals surface area contributed by atoms with Crippen molar-refractivity contribution in [2.24, 2.45) is 0 Å². The Labute approximate surface area is 113 Å². The van der Waals surface area contributed by atoms with Crippen LogP contribution in [0.4, 0.5) is 5.82 Å². The minimum atomic E-state index is 0.0123. The number of pyridine rings is 1. The van der Waals surface area contributed by atoms with Crippen LogP contribution in [-0.4, -0.2) is 21.6 Å². The molecule has 0 aromatic carbocycles. The van der Waals surface area contributed by atoms with Crippen LogP contribution in [0.3, 0.4) is 0 Å². The molecule has 3 rings (SSSR count). The summed E-state index contributed by atoms with van der Waals surface area (Å²) >= 11 is 1.57. The van der Waals surface area contributed by atoms with Crippen molar-refractivity contribution < 1.29 is 0 Å². The molecule has 0 aliphatic carbocycles. The maximum atomic E-state index is 12.2. The highest BCUT2D eigenvalue weighted by molar-refractivity contribution is 7.17. The van der Waals surface area contributed by atoms with Gasteiger partial charge in [-0.25, -0.2) is 4.98 Å². The van der Waals surface area contributed by atoms with Crippen LogP contribution in [0.2, 0.25) is 0 Å². The van der Waals surface area contributed by atoms with E-state index in [0.717, 1.165) is 15.8 Å². The van der Waals surface area contributed by atoms with Crippen molar-refractivity contribution >= 4 is 27.2 Å². The monoisotopic (exact) mass is 272 g/mol. The first-order chi connectivity index (χ1) is 9.28. The van der Waals surface area contributed by atoms with Crippen molar-refractivity contribution in [2.75, 3.05) is 12.4 Å². The summed E-state index contributed by atoms with van der Waals surface area (Å²) in [4.78, 5) is 20.7. The Bertz CT molecular complexity index is 760. The lowest BCUT2D eigenvalue weighted by atomic mass is 10.3. The second-order valence-electron chi connectivity index (χ2n) is 4.09. The second kappa shape index (κ2) is 4.81. The Kier molecular flexibility index (Phi) is 3.00. The predicted octanol–water partition coefficient (Wildman–Crippen LogP) is 1.94. The van der Waals surface area contributed by atoms with Crippen molar-refractivity contribution in [3.05, 3.63) is 52.2 Å². The van der Waals surface area contributed by atoms with Crippen molar-refractivity contribution in [3.8, 4) is 0 Å². The summed E-state index contributed by atoms with van der Waals surface area (Å²) in [6, 6.07) is 3.81. The molecule has 0 bridgehead atoms. The highest BCUT2D eigenvalue weighted by atomic mass is 32.1. The molecule has 96 valence electrons. The molecule has 1 N–H and O–H groups in total. The third-order valence-corrected chi connectivity index (χ3v) is 3.77. The van der Waals surface area contributed by atoms with Gasteiger partial charge in [0.05, 0.1) is 30.0 Å². The minimum absolute atomic E-state index is 0.0123. The molecule has 0 spiro atoms. The fourth-order valence-electron chi connectivity index (χ4n) is 1.87. The van der Waals surface area contributed by atoms with Crippen molar-refractivity contribution in [2.45, 2.75) is 6.54 Å². The van der Waals surface area contributed by atoms with Crippen LogP contribution in [0.25, 0.3) is 10.1 Å². The van der Waals surface area contributed by atoms with E-state index >= 15 is 0 Å². The third-order valence-electron chi connectivity index (χ3n) is 2.89. The van der Waals surface area contributed by atoms with Crippen molar-refractivity contribution in [1.82, 2.24) is 14.5 Å². The highest BCUT2D eigenvalue weighted by Crippen LogP contribution is 2.16. The lowest BCUT2D eigenvalue weighted by Crippen LogP contribution is -2.20. The van der Waals surface area contributed by atoms with Crippen LogP contribution in [0, 0.1) is 0 Å². The first-order valence-corrected chi connectivity index (χ1v) is 6.71. The lowest BCUT2D eigenvalue weighted by molar-refractivity contribution is 0.743. The molecule has 0 fully saturated rings. The van der Waals surface area contributed by atoms with Crippen molar-refractivity contribution in [3.63, 3.8) is 0 Å². The average molecular weight is 272 g/mol. The molecule has 6 heteroatoms. The molecule has 0 aliphatic heterocycles. The highest BCUT2D eigenvalue weighted by Gasteiger charge is 2.05.